The van der Waals surface area contributed by atoms with Crippen molar-refractivity contribution in [1.82, 2.24) is 5.32 Å². The fourth-order valence-corrected chi connectivity index (χ4v) is 2.93. The van der Waals surface area contributed by atoms with Crippen molar-refractivity contribution < 1.29 is 19.0 Å². The van der Waals surface area contributed by atoms with Gasteiger partial charge in [0.1, 0.15) is 5.82 Å². The van der Waals surface area contributed by atoms with E-state index < -0.39 is 0 Å². The Kier molecular flexibility index (Phi) is 5.05. The van der Waals surface area contributed by atoms with Gasteiger partial charge >= 0.3 is 0 Å². The summed E-state index contributed by atoms with van der Waals surface area (Å²) in [6.07, 6.45) is 0.416. The second-order valence-corrected chi connectivity index (χ2v) is 5.48. The lowest BCUT2D eigenvalue weighted by Gasteiger charge is -2.15. The highest BCUT2D eigenvalue weighted by Crippen LogP contribution is 2.27. The van der Waals surface area contributed by atoms with Crippen LogP contribution in [0.25, 0.3) is 10.1 Å². The molecule has 2 N–H and O–H groups in total. The van der Waals surface area contributed by atoms with Gasteiger partial charge in [0, 0.05) is 23.8 Å². The molecule has 1 unspecified atom stereocenters. The van der Waals surface area contributed by atoms with Crippen LogP contribution in [0.15, 0.2) is 24.3 Å². The van der Waals surface area contributed by atoms with Crippen LogP contribution in [-0.2, 0) is 4.74 Å². The van der Waals surface area contributed by atoms with Gasteiger partial charge in [-0.3, -0.25) is 4.79 Å². The Bertz CT molecular complexity index is 593. The molecule has 0 radical (unpaired) electrons. The number of rotatable bonds is 6. The summed E-state index contributed by atoms with van der Waals surface area (Å²) >= 11 is 1.24. The summed E-state index contributed by atoms with van der Waals surface area (Å²) in [6.45, 7) is 0.293. The van der Waals surface area contributed by atoms with Crippen LogP contribution in [0.1, 0.15) is 16.1 Å². The first-order chi connectivity index (χ1) is 9.65. The lowest BCUT2D eigenvalue weighted by atomic mass is 10.2. The quantitative estimate of drug-likeness (QED) is 0.859. The first-order valence-corrected chi connectivity index (χ1v) is 7.06. The third kappa shape index (κ3) is 3.33. The maximum atomic E-state index is 13.6. The van der Waals surface area contributed by atoms with Crippen LogP contribution in [0.5, 0.6) is 0 Å². The fraction of sp³-hybridized carbons (Fsp3) is 0.357. The number of amides is 1. The molecule has 0 spiro atoms. The van der Waals surface area contributed by atoms with Crippen LogP contribution in [0.3, 0.4) is 0 Å². The highest BCUT2D eigenvalue weighted by Gasteiger charge is 2.16. The molecule has 4 nitrogen and oxygen atoms in total. The number of thiophene rings is 1. The average molecular weight is 297 g/mol. The number of hydrogen-bond acceptors (Lipinski definition) is 4. The van der Waals surface area contributed by atoms with Gasteiger partial charge in [0.25, 0.3) is 5.91 Å². The molecule has 0 aliphatic rings. The summed E-state index contributed by atoms with van der Waals surface area (Å²) in [6, 6.07) is 6.06. The lowest BCUT2D eigenvalue weighted by molar-refractivity contribution is 0.0883. The van der Waals surface area contributed by atoms with Gasteiger partial charge in [0.15, 0.2) is 0 Å². The molecule has 0 fully saturated rings. The van der Waals surface area contributed by atoms with Crippen molar-refractivity contribution in [3.05, 3.63) is 35.0 Å². The number of aliphatic hydroxyl groups excluding tert-OH is 1. The summed E-state index contributed by atoms with van der Waals surface area (Å²) in [7, 11) is 1.53. The second kappa shape index (κ2) is 6.78. The smallest absolute Gasteiger partial charge is 0.261 e. The van der Waals surface area contributed by atoms with E-state index in [1.165, 1.54) is 24.5 Å². The number of nitrogens with one attached hydrogen (secondary N) is 1. The van der Waals surface area contributed by atoms with Crippen LogP contribution in [0.2, 0.25) is 0 Å². The fourth-order valence-electron chi connectivity index (χ4n) is 1.95. The van der Waals surface area contributed by atoms with Gasteiger partial charge in [0.05, 0.1) is 17.5 Å². The van der Waals surface area contributed by atoms with E-state index in [1.807, 2.05) is 0 Å². The van der Waals surface area contributed by atoms with Crippen molar-refractivity contribution in [2.45, 2.75) is 12.5 Å². The van der Waals surface area contributed by atoms with Crippen molar-refractivity contribution in [2.24, 2.45) is 0 Å². The van der Waals surface area contributed by atoms with E-state index in [0.29, 0.717) is 23.3 Å². The molecule has 1 amide bonds. The van der Waals surface area contributed by atoms with Crippen molar-refractivity contribution >= 4 is 27.3 Å². The third-order valence-corrected chi connectivity index (χ3v) is 4.01. The van der Waals surface area contributed by atoms with Crippen LogP contribution in [0.4, 0.5) is 4.39 Å². The molecule has 20 heavy (non-hydrogen) atoms. The van der Waals surface area contributed by atoms with E-state index in [-0.39, 0.29) is 24.4 Å². The van der Waals surface area contributed by atoms with E-state index in [0.717, 1.165) is 4.70 Å². The van der Waals surface area contributed by atoms with Gasteiger partial charge in [-0.25, -0.2) is 4.39 Å². The predicted octanol–water partition coefficient (Wildman–Crippen LogP) is 2.17. The number of hydrogen-bond donors (Lipinski definition) is 2. The molecule has 0 saturated heterocycles. The maximum absolute atomic E-state index is 13.6. The zero-order valence-electron chi connectivity index (χ0n) is 11.1. The first kappa shape index (κ1) is 14.9. The molecule has 0 aliphatic carbocycles. The molecule has 2 aromatic rings. The van der Waals surface area contributed by atoms with Gasteiger partial charge in [-0.15, -0.1) is 11.3 Å². The monoisotopic (exact) mass is 297 g/mol. The largest absolute Gasteiger partial charge is 0.396 e. The van der Waals surface area contributed by atoms with Gasteiger partial charge in [-0.05, 0) is 24.6 Å². The standard InChI is InChI=1S/C14H16FNO3S/c1-19-8-9(5-6-17)16-14(18)13-7-10-11(15)3-2-4-12(10)20-13/h2-4,7,9,17H,5-6,8H2,1H3,(H,16,18). The SMILES string of the molecule is COCC(CCO)NC(=O)c1cc2c(F)cccc2s1. The number of halogens is 1. The number of benzene rings is 1. The van der Waals surface area contributed by atoms with Crippen LogP contribution in [-0.4, -0.2) is 37.4 Å². The van der Waals surface area contributed by atoms with E-state index in [2.05, 4.69) is 5.32 Å². The number of aliphatic hydroxyl groups is 1. The average Bonchev–Trinajstić information content (AvgIpc) is 2.85. The molecule has 6 heteroatoms. The summed E-state index contributed by atoms with van der Waals surface area (Å²) < 4.78 is 19.3. The number of carbonyl (C=O) groups excluding carboxylic acids is 1. The van der Waals surface area contributed by atoms with Gasteiger partial charge in [-0.1, -0.05) is 6.07 Å². The Morgan fingerprint density at radius 1 is 1.55 bits per heavy atom. The third-order valence-electron chi connectivity index (χ3n) is 2.91. The Morgan fingerprint density at radius 2 is 2.35 bits per heavy atom. The highest BCUT2D eigenvalue weighted by molar-refractivity contribution is 7.20. The van der Waals surface area contributed by atoms with E-state index in [9.17, 15) is 9.18 Å². The Labute approximate surface area is 120 Å². The molecule has 0 aliphatic heterocycles. The second-order valence-electron chi connectivity index (χ2n) is 4.40. The number of ether oxygens (including phenoxy) is 1. The Balaban J connectivity index is 2.16. The molecule has 108 valence electrons. The van der Waals surface area contributed by atoms with E-state index >= 15 is 0 Å². The molecular formula is C14H16FNO3S. The van der Waals surface area contributed by atoms with Gasteiger partial charge in [-0.2, -0.15) is 0 Å². The molecule has 1 aromatic heterocycles. The highest BCUT2D eigenvalue weighted by atomic mass is 32.1. The number of methoxy groups -OCH3 is 1. The molecule has 2 rings (SSSR count). The maximum Gasteiger partial charge on any atom is 0.261 e. The van der Waals surface area contributed by atoms with Crippen molar-refractivity contribution in [1.29, 1.82) is 0 Å². The van der Waals surface area contributed by atoms with E-state index in [1.54, 1.807) is 18.2 Å². The minimum Gasteiger partial charge on any atom is -0.396 e. The first-order valence-electron chi connectivity index (χ1n) is 6.24. The van der Waals surface area contributed by atoms with Crippen LogP contribution < -0.4 is 5.32 Å². The van der Waals surface area contributed by atoms with Gasteiger partial charge < -0.3 is 15.2 Å². The van der Waals surface area contributed by atoms with Crippen molar-refractivity contribution in [2.75, 3.05) is 20.3 Å². The minimum absolute atomic E-state index is 0.0324. The molecular weight excluding hydrogens is 281 g/mol. The van der Waals surface area contributed by atoms with Crippen molar-refractivity contribution in [3.8, 4) is 0 Å². The van der Waals surface area contributed by atoms with Crippen molar-refractivity contribution in [3.63, 3.8) is 0 Å². The van der Waals surface area contributed by atoms with Crippen LogP contribution in [0, 0.1) is 5.82 Å². The minimum atomic E-state index is -0.332. The predicted molar refractivity (Wildman–Crippen MR) is 76.6 cm³/mol. The number of fused-ring (bicyclic) bond motifs is 1. The molecule has 1 atom stereocenters. The summed E-state index contributed by atoms with van der Waals surface area (Å²) in [5.41, 5.74) is 0. The number of carbonyl (C=O) groups is 1. The lowest BCUT2D eigenvalue weighted by Crippen LogP contribution is -2.38. The summed E-state index contributed by atoms with van der Waals surface area (Å²) in [4.78, 5) is 12.6. The Morgan fingerprint density at radius 3 is 3.00 bits per heavy atom. The molecule has 1 heterocycles. The molecule has 0 bridgehead atoms. The normalized spacial score (nSPS) is 12.6. The van der Waals surface area contributed by atoms with Gasteiger partial charge in [0.2, 0.25) is 0 Å². The zero-order valence-corrected chi connectivity index (χ0v) is 11.9. The summed E-state index contributed by atoms with van der Waals surface area (Å²) in [5, 5.41) is 12.2. The molecule has 0 saturated carbocycles. The molecule has 1 aromatic carbocycles. The Hall–Kier alpha value is -1.50. The zero-order chi connectivity index (χ0) is 14.5. The topological polar surface area (TPSA) is 58.6 Å². The van der Waals surface area contributed by atoms with Crippen LogP contribution >= 0.6 is 11.3 Å². The summed E-state index contributed by atoms with van der Waals surface area (Å²) in [5.74, 6) is -0.609. The van der Waals surface area contributed by atoms with E-state index in [4.69, 9.17) is 9.84 Å².